The van der Waals surface area contributed by atoms with Gasteiger partial charge in [0.25, 0.3) is 0 Å². The Kier molecular flexibility index (Phi) is 4.62. The molecule has 0 spiro atoms. The maximum Gasteiger partial charge on any atom is 0.0490 e. The first-order valence-electron chi connectivity index (χ1n) is 6.67. The molecule has 1 nitrogen and oxygen atoms in total. The average molecular weight is 308 g/mol. The van der Waals surface area contributed by atoms with E-state index in [0.29, 0.717) is 10.0 Å². The van der Waals surface area contributed by atoms with E-state index in [0.717, 1.165) is 5.69 Å². The summed E-state index contributed by atoms with van der Waals surface area (Å²) in [5, 5.41) is 4.76. The second-order valence-corrected chi connectivity index (χ2v) is 6.21. The Labute approximate surface area is 130 Å². The molecule has 3 heteroatoms. The van der Waals surface area contributed by atoms with E-state index in [4.69, 9.17) is 23.2 Å². The maximum atomic E-state index is 6.04. The number of hydrogen-bond acceptors (Lipinski definition) is 1. The zero-order valence-corrected chi connectivity index (χ0v) is 13.7. The van der Waals surface area contributed by atoms with Crippen molar-refractivity contribution in [3.05, 3.63) is 62.6 Å². The van der Waals surface area contributed by atoms with Gasteiger partial charge in [-0.25, -0.2) is 0 Å². The number of hydrogen-bond donors (Lipinski definition) is 1. The van der Waals surface area contributed by atoms with Crippen LogP contribution in [0.2, 0.25) is 10.0 Å². The van der Waals surface area contributed by atoms with Gasteiger partial charge < -0.3 is 5.32 Å². The highest BCUT2D eigenvalue weighted by Gasteiger charge is 2.12. The summed E-state index contributed by atoms with van der Waals surface area (Å²) in [6, 6.07) is 10.1. The normalized spacial score (nSPS) is 12.3. The van der Waals surface area contributed by atoms with E-state index in [9.17, 15) is 0 Å². The molecule has 0 amide bonds. The minimum absolute atomic E-state index is 0.199. The second-order valence-electron chi connectivity index (χ2n) is 5.34. The van der Waals surface area contributed by atoms with Gasteiger partial charge in [-0.2, -0.15) is 0 Å². The molecule has 2 rings (SSSR count). The van der Waals surface area contributed by atoms with Gasteiger partial charge in [0.2, 0.25) is 0 Å². The number of halogens is 2. The second kappa shape index (κ2) is 6.07. The van der Waals surface area contributed by atoms with Gasteiger partial charge in [0.05, 0.1) is 0 Å². The molecule has 0 bridgehead atoms. The molecule has 1 atom stereocenters. The Hall–Kier alpha value is -1.18. The number of anilines is 1. The predicted octanol–water partition coefficient (Wildman–Crippen LogP) is 6.09. The zero-order chi connectivity index (χ0) is 14.9. The fourth-order valence-corrected chi connectivity index (χ4v) is 3.36. The molecule has 0 aliphatic heterocycles. The molecule has 106 valence electrons. The van der Waals surface area contributed by atoms with E-state index in [2.05, 4.69) is 45.1 Å². The zero-order valence-electron chi connectivity index (χ0n) is 12.2. The molecule has 0 aliphatic carbocycles. The van der Waals surface area contributed by atoms with Gasteiger partial charge >= 0.3 is 0 Å². The highest BCUT2D eigenvalue weighted by molar-refractivity contribution is 6.35. The predicted molar refractivity (Wildman–Crippen MR) is 89.2 cm³/mol. The van der Waals surface area contributed by atoms with E-state index < -0.39 is 0 Å². The highest BCUT2D eigenvalue weighted by atomic mass is 35.5. The van der Waals surface area contributed by atoms with E-state index in [1.165, 1.54) is 22.3 Å². The summed E-state index contributed by atoms with van der Waals surface area (Å²) >= 11 is 12.1. The molecular weight excluding hydrogens is 289 g/mol. The van der Waals surface area contributed by atoms with Crippen LogP contribution >= 0.6 is 23.2 Å². The van der Waals surface area contributed by atoms with Crippen LogP contribution in [0.1, 0.15) is 35.2 Å². The molecule has 0 fully saturated rings. The van der Waals surface area contributed by atoms with Crippen LogP contribution in [0.15, 0.2) is 30.3 Å². The van der Waals surface area contributed by atoms with Gasteiger partial charge in [-0.05, 0) is 62.6 Å². The van der Waals surface area contributed by atoms with Crippen molar-refractivity contribution in [2.45, 2.75) is 33.7 Å². The lowest BCUT2D eigenvalue weighted by molar-refractivity contribution is 0.862. The van der Waals surface area contributed by atoms with Crippen LogP contribution in [0.5, 0.6) is 0 Å². The molecule has 0 heterocycles. The smallest absolute Gasteiger partial charge is 0.0490 e. The van der Waals surface area contributed by atoms with Crippen molar-refractivity contribution < 1.29 is 0 Å². The van der Waals surface area contributed by atoms with Crippen LogP contribution in [-0.4, -0.2) is 0 Å². The Morgan fingerprint density at radius 2 is 1.35 bits per heavy atom. The van der Waals surface area contributed by atoms with Crippen LogP contribution in [-0.2, 0) is 0 Å². The number of nitrogens with one attached hydrogen (secondary N) is 1. The van der Waals surface area contributed by atoms with Crippen LogP contribution < -0.4 is 5.32 Å². The van der Waals surface area contributed by atoms with E-state index >= 15 is 0 Å². The quantitative estimate of drug-likeness (QED) is 0.723. The third kappa shape index (κ3) is 3.47. The SMILES string of the molecule is Cc1cc(C)c(C(C)Nc2cc(Cl)cc(Cl)c2)c(C)c1. The van der Waals surface area contributed by atoms with Crippen LogP contribution in [0.4, 0.5) is 5.69 Å². The summed E-state index contributed by atoms with van der Waals surface area (Å²) in [5.74, 6) is 0. The third-order valence-corrected chi connectivity index (χ3v) is 3.85. The van der Waals surface area contributed by atoms with Crippen molar-refractivity contribution in [3.8, 4) is 0 Å². The Bertz CT molecular complexity index is 592. The van der Waals surface area contributed by atoms with E-state index in [1.807, 2.05) is 12.1 Å². The lowest BCUT2D eigenvalue weighted by Gasteiger charge is -2.21. The van der Waals surface area contributed by atoms with Crippen molar-refractivity contribution >= 4 is 28.9 Å². The molecular formula is C17H19Cl2N. The third-order valence-electron chi connectivity index (χ3n) is 3.42. The van der Waals surface area contributed by atoms with Crippen molar-refractivity contribution in [2.75, 3.05) is 5.32 Å². The monoisotopic (exact) mass is 307 g/mol. The van der Waals surface area contributed by atoms with Gasteiger partial charge in [-0.1, -0.05) is 40.9 Å². The fraction of sp³-hybridized carbons (Fsp3) is 0.294. The number of benzene rings is 2. The Morgan fingerprint density at radius 1 is 0.850 bits per heavy atom. The summed E-state index contributed by atoms with van der Waals surface area (Å²) in [7, 11) is 0. The van der Waals surface area contributed by atoms with Crippen molar-refractivity contribution in [2.24, 2.45) is 0 Å². The minimum Gasteiger partial charge on any atom is -0.378 e. The van der Waals surface area contributed by atoms with Crippen LogP contribution in [0.3, 0.4) is 0 Å². The van der Waals surface area contributed by atoms with Crippen LogP contribution in [0.25, 0.3) is 0 Å². The average Bonchev–Trinajstić information content (AvgIpc) is 2.25. The minimum atomic E-state index is 0.199. The fourth-order valence-electron chi connectivity index (χ4n) is 2.83. The summed E-state index contributed by atoms with van der Waals surface area (Å²) in [6.45, 7) is 8.58. The molecule has 0 aromatic heterocycles. The molecule has 0 saturated carbocycles. The van der Waals surface area contributed by atoms with Gasteiger partial charge in [0.1, 0.15) is 0 Å². The summed E-state index contributed by atoms with van der Waals surface area (Å²) < 4.78 is 0. The molecule has 20 heavy (non-hydrogen) atoms. The first-order chi connectivity index (χ1) is 9.36. The number of aryl methyl sites for hydroxylation is 3. The lowest BCUT2D eigenvalue weighted by Crippen LogP contribution is -2.10. The first kappa shape index (κ1) is 15.2. The van der Waals surface area contributed by atoms with Crippen molar-refractivity contribution in [3.63, 3.8) is 0 Å². The summed E-state index contributed by atoms with van der Waals surface area (Å²) in [4.78, 5) is 0. The highest BCUT2D eigenvalue weighted by Crippen LogP contribution is 2.29. The molecule has 1 unspecified atom stereocenters. The maximum absolute atomic E-state index is 6.04. The summed E-state index contributed by atoms with van der Waals surface area (Å²) in [6.07, 6.45) is 0. The topological polar surface area (TPSA) is 12.0 Å². The van der Waals surface area contributed by atoms with Gasteiger partial charge in [0.15, 0.2) is 0 Å². The standard InChI is InChI=1S/C17H19Cl2N/c1-10-5-11(2)17(12(3)6-10)13(4)20-16-8-14(18)7-15(19)9-16/h5-9,13,20H,1-4H3. The van der Waals surface area contributed by atoms with E-state index in [1.54, 1.807) is 6.07 Å². The molecule has 0 radical (unpaired) electrons. The van der Waals surface area contributed by atoms with Crippen LogP contribution in [0, 0.1) is 20.8 Å². The first-order valence-corrected chi connectivity index (χ1v) is 7.43. The number of rotatable bonds is 3. The van der Waals surface area contributed by atoms with Crippen molar-refractivity contribution in [1.82, 2.24) is 0 Å². The lowest BCUT2D eigenvalue weighted by atomic mass is 9.95. The largest absolute Gasteiger partial charge is 0.378 e. The molecule has 0 aliphatic rings. The van der Waals surface area contributed by atoms with Gasteiger partial charge in [-0.3, -0.25) is 0 Å². The Morgan fingerprint density at radius 3 is 1.85 bits per heavy atom. The van der Waals surface area contributed by atoms with Gasteiger partial charge in [0, 0.05) is 21.8 Å². The van der Waals surface area contributed by atoms with E-state index in [-0.39, 0.29) is 6.04 Å². The molecule has 0 saturated heterocycles. The molecule has 2 aromatic carbocycles. The summed E-state index contributed by atoms with van der Waals surface area (Å²) in [5.41, 5.74) is 6.16. The van der Waals surface area contributed by atoms with Crippen molar-refractivity contribution in [1.29, 1.82) is 0 Å². The molecule has 1 N–H and O–H groups in total. The molecule has 2 aromatic rings. The van der Waals surface area contributed by atoms with Gasteiger partial charge in [-0.15, -0.1) is 0 Å². The Balaban J connectivity index is 2.30.